The molecule has 4 nitrogen and oxygen atoms in total. The highest BCUT2D eigenvalue weighted by Crippen LogP contribution is 2.26. The number of carbonyl (C=O) groups excluding carboxylic acids is 1. The van der Waals surface area contributed by atoms with Crippen molar-refractivity contribution in [1.29, 1.82) is 0 Å². The maximum Gasteiger partial charge on any atom is 0.234 e. The van der Waals surface area contributed by atoms with Crippen LogP contribution in [0.15, 0.2) is 18.3 Å². The number of aromatic nitrogens is 1. The van der Waals surface area contributed by atoms with Crippen molar-refractivity contribution in [3.63, 3.8) is 0 Å². The molecule has 3 rings (SSSR count). The molecule has 3 atom stereocenters. The summed E-state index contributed by atoms with van der Waals surface area (Å²) >= 11 is 0. The molecule has 0 radical (unpaired) electrons. The van der Waals surface area contributed by atoms with Crippen LogP contribution in [0, 0.1) is 5.92 Å². The van der Waals surface area contributed by atoms with Gasteiger partial charge in [0.25, 0.3) is 0 Å². The van der Waals surface area contributed by atoms with Gasteiger partial charge in [-0.2, -0.15) is 0 Å². The molecule has 0 aromatic carbocycles. The van der Waals surface area contributed by atoms with E-state index in [9.17, 15) is 4.79 Å². The Hall–Kier alpha value is -1.29. The van der Waals surface area contributed by atoms with E-state index in [1.807, 2.05) is 0 Å². The van der Waals surface area contributed by atoms with Crippen LogP contribution in [0.1, 0.15) is 51.3 Å². The van der Waals surface area contributed by atoms with Crippen molar-refractivity contribution in [3.05, 3.63) is 24.0 Å². The summed E-state index contributed by atoms with van der Waals surface area (Å²) in [7, 11) is 0. The fourth-order valence-electron chi connectivity index (χ4n) is 3.81. The molecule has 1 aliphatic heterocycles. The van der Waals surface area contributed by atoms with E-state index in [1.165, 1.54) is 25.0 Å². The molecule has 1 amide bonds. The molecule has 0 spiro atoms. The van der Waals surface area contributed by atoms with E-state index in [4.69, 9.17) is 0 Å². The van der Waals surface area contributed by atoms with E-state index in [0.717, 1.165) is 19.5 Å². The first kappa shape index (κ1) is 14.6. The maximum atomic E-state index is 12.4. The molecule has 0 bridgehead atoms. The first-order chi connectivity index (χ1) is 10.1. The van der Waals surface area contributed by atoms with Gasteiger partial charge in [-0.25, -0.2) is 0 Å². The van der Waals surface area contributed by atoms with Crippen molar-refractivity contribution < 1.29 is 4.79 Å². The van der Waals surface area contributed by atoms with Crippen molar-refractivity contribution in [1.82, 2.24) is 14.8 Å². The van der Waals surface area contributed by atoms with Crippen LogP contribution in [0.4, 0.5) is 0 Å². The van der Waals surface area contributed by atoms with Gasteiger partial charge in [-0.3, -0.25) is 9.69 Å². The van der Waals surface area contributed by atoms with E-state index in [-0.39, 0.29) is 5.91 Å². The van der Waals surface area contributed by atoms with Crippen molar-refractivity contribution in [3.8, 4) is 0 Å². The molecule has 2 aliphatic rings. The third-order valence-corrected chi connectivity index (χ3v) is 5.27. The van der Waals surface area contributed by atoms with E-state index >= 15 is 0 Å². The minimum atomic E-state index is 0.195. The fourth-order valence-corrected chi connectivity index (χ4v) is 3.81. The molecule has 1 saturated carbocycles. The SMILES string of the molecule is CC1CCCCC1NC(=O)CN1CCn2cccc2C1C. The molecule has 1 N–H and O–H groups in total. The van der Waals surface area contributed by atoms with E-state index in [1.54, 1.807) is 0 Å². The van der Waals surface area contributed by atoms with Gasteiger partial charge in [-0.15, -0.1) is 0 Å². The summed E-state index contributed by atoms with van der Waals surface area (Å²) in [5.74, 6) is 0.819. The van der Waals surface area contributed by atoms with Crippen LogP contribution in [0.2, 0.25) is 0 Å². The quantitative estimate of drug-likeness (QED) is 0.928. The van der Waals surface area contributed by atoms with Crippen LogP contribution in [0.25, 0.3) is 0 Å². The second kappa shape index (κ2) is 6.22. The average Bonchev–Trinajstić information content (AvgIpc) is 2.94. The molecule has 116 valence electrons. The standard InChI is InChI=1S/C17H27N3O/c1-13-6-3-4-7-15(13)18-17(21)12-20-11-10-19-9-5-8-16(19)14(20)2/h5,8-9,13-15H,3-4,6-7,10-12H2,1-2H3,(H,18,21). The van der Waals surface area contributed by atoms with Gasteiger partial charge in [-0.1, -0.05) is 19.8 Å². The molecule has 4 heteroatoms. The summed E-state index contributed by atoms with van der Waals surface area (Å²) in [4.78, 5) is 14.7. The summed E-state index contributed by atoms with van der Waals surface area (Å²) in [5, 5.41) is 3.27. The first-order valence-corrected chi connectivity index (χ1v) is 8.33. The van der Waals surface area contributed by atoms with E-state index in [2.05, 4.69) is 47.0 Å². The lowest BCUT2D eigenvalue weighted by Gasteiger charge is -2.35. The van der Waals surface area contributed by atoms with Gasteiger partial charge in [-0.05, 0) is 37.8 Å². The van der Waals surface area contributed by atoms with Gasteiger partial charge in [0.05, 0.1) is 6.54 Å². The Balaban J connectivity index is 1.56. The predicted molar refractivity (Wildman–Crippen MR) is 84.0 cm³/mol. The largest absolute Gasteiger partial charge is 0.352 e. The van der Waals surface area contributed by atoms with Gasteiger partial charge in [0.1, 0.15) is 0 Å². The Kier molecular flexibility index (Phi) is 4.34. The molecule has 1 aliphatic carbocycles. The smallest absolute Gasteiger partial charge is 0.234 e. The highest BCUT2D eigenvalue weighted by atomic mass is 16.2. The number of hydrogen-bond donors (Lipinski definition) is 1. The monoisotopic (exact) mass is 289 g/mol. The van der Waals surface area contributed by atoms with Gasteiger partial charge >= 0.3 is 0 Å². The number of hydrogen-bond acceptors (Lipinski definition) is 2. The Labute approximate surface area is 127 Å². The molecule has 3 unspecified atom stereocenters. The van der Waals surface area contributed by atoms with Crippen LogP contribution in [0.5, 0.6) is 0 Å². The lowest BCUT2D eigenvalue weighted by Crippen LogP contribution is -2.47. The van der Waals surface area contributed by atoms with Crippen molar-refractivity contribution in [2.24, 2.45) is 5.92 Å². The van der Waals surface area contributed by atoms with Crippen molar-refractivity contribution in [2.75, 3.05) is 13.1 Å². The second-order valence-corrected chi connectivity index (χ2v) is 6.71. The number of nitrogens with zero attached hydrogens (tertiary/aromatic N) is 2. The molecule has 2 heterocycles. The zero-order valence-corrected chi connectivity index (χ0v) is 13.2. The minimum Gasteiger partial charge on any atom is -0.352 e. The summed E-state index contributed by atoms with van der Waals surface area (Å²) < 4.78 is 2.29. The lowest BCUT2D eigenvalue weighted by atomic mass is 9.86. The molecule has 1 aromatic rings. The predicted octanol–water partition coefficient (Wildman–Crippen LogP) is 2.56. The van der Waals surface area contributed by atoms with Gasteiger partial charge in [0, 0.05) is 37.1 Å². The molecule has 21 heavy (non-hydrogen) atoms. The van der Waals surface area contributed by atoms with Crippen LogP contribution in [-0.2, 0) is 11.3 Å². The Morgan fingerprint density at radius 3 is 2.90 bits per heavy atom. The van der Waals surface area contributed by atoms with Crippen LogP contribution < -0.4 is 5.32 Å². The van der Waals surface area contributed by atoms with Crippen LogP contribution in [-0.4, -0.2) is 34.5 Å². The number of amides is 1. The topological polar surface area (TPSA) is 37.3 Å². The first-order valence-electron chi connectivity index (χ1n) is 8.33. The fraction of sp³-hybridized carbons (Fsp3) is 0.706. The van der Waals surface area contributed by atoms with Gasteiger partial charge in [0.2, 0.25) is 5.91 Å². The van der Waals surface area contributed by atoms with Gasteiger partial charge < -0.3 is 9.88 Å². The maximum absolute atomic E-state index is 12.4. The summed E-state index contributed by atoms with van der Waals surface area (Å²) in [6.45, 7) is 6.92. The minimum absolute atomic E-state index is 0.195. The zero-order chi connectivity index (χ0) is 14.8. The average molecular weight is 289 g/mol. The molecule has 1 fully saturated rings. The lowest BCUT2D eigenvalue weighted by molar-refractivity contribution is -0.124. The Morgan fingerprint density at radius 2 is 2.10 bits per heavy atom. The van der Waals surface area contributed by atoms with Crippen molar-refractivity contribution in [2.45, 2.75) is 58.2 Å². The number of rotatable bonds is 3. The highest BCUT2D eigenvalue weighted by Gasteiger charge is 2.27. The second-order valence-electron chi connectivity index (χ2n) is 6.71. The van der Waals surface area contributed by atoms with Crippen LogP contribution >= 0.6 is 0 Å². The molecular weight excluding hydrogens is 262 g/mol. The number of fused-ring (bicyclic) bond motifs is 1. The molecule has 0 saturated heterocycles. The normalized spacial score (nSPS) is 29.9. The van der Waals surface area contributed by atoms with E-state index < -0.39 is 0 Å². The third kappa shape index (κ3) is 3.15. The Morgan fingerprint density at radius 1 is 1.29 bits per heavy atom. The number of carbonyl (C=O) groups is 1. The number of nitrogens with one attached hydrogen (secondary N) is 1. The molecule has 1 aromatic heterocycles. The summed E-state index contributed by atoms with van der Waals surface area (Å²) in [6.07, 6.45) is 7.09. The highest BCUT2D eigenvalue weighted by molar-refractivity contribution is 5.78. The van der Waals surface area contributed by atoms with E-state index in [0.29, 0.717) is 24.5 Å². The summed E-state index contributed by atoms with van der Waals surface area (Å²) in [6, 6.07) is 4.97. The zero-order valence-electron chi connectivity index (χ0n) is 13.2. The van der Waals surface area contributed by atoms with Crippen molar-refractivity contribution >= 4 is 5.91 Å². The summed E-state index contributed by atoms with van der Waals surface area (Å²) in [5.41, 5.74) is 1.32. The Bertz CT molecular complexity index is 496. The third-order valence-electron chi connectivity index (χ3n) is 5.27. The van der Waals surface area contributed by atoms with Crippen LogP contribution in [0.3, 0.4) is 0 Å². The van der Waals surface area contributed by atoms with Gasteiger partial charge in [0.15, 0.2) is 0 Å². The molecular formula is C17H27N3O.